The minimum atomic E-state index is -1.12. The summed E-state index contributed by atoms with van der Waals surface area (Å²) in [6, 6.07) is -1.55. The lowest BCUT2D eigenvalue weighted by atomic mass is 9.62. The van der Waals surface area contributed by atoms with Gasteiger partial charge in [-0.3, -0.25) is 14.4 Å². The Kier molecular flexibility index (Phi) is 8.95. The van der Waals surface area contributed by atoms with Gasteiger partial charge in [-0.25, -0.2) is 0 Å². The van der Waals surface area contributed by atoms with Gasteiger partial charge in [0.25, 0.3) is 0 Å². The topological polar surface area (TPSA) is 90.4 Å². The summed E-state index contributed by atoms with van der Waals surface area (Å²) in [7, 11) is 0. The number of carbonyl (C=O) groups excluding carboxylic acids is 3. The number of fused-ring (bicyclic) bond motifs is 1. The van der Waals surface area contributed by atoms with Crippen molar-refractivity contribution in [3.63, 3.8) is 0 Å². The van der Waals surface area contributed by atoms with E-state index in [1.165, 1.54) is 4.90 Å². The number of rotatable bonds is 13. The standard InChI is InChI=1S/C29H47N3O5/c1-9-13-20(6)31(16-12-4)27(36)24-29-17-19(5)28(8,37-29)22(25(34)30(14-10-2)15-11-3)23(29)26(35)32(24)21(7)18-33/h10,12,19-24,33H,2,4,9,11,13-18H2,1,3,5-8H3/t19?,20?,21-,22-,23+,24?,28+,29?/m1/s1. The highest BCUT2D eigenvalue weighted by Crippen LogP contribution is 2.65. The normalized spacial score (nSPS) is 33.7. The maximum Gasteiger partial charge on any atom is 0.248 e. The van der Waals surface area contributed by atoms with Gasteiger partial charge in [-0.15, -0.1) is 13.2 Å². The van der Waals surface area contributed by atoms with Gasteiger partial charge < -0.3 is 24.5 Å². The average molecular weight is 518 g/mol. The second-order valence-electron chi connectivity index (χ2n) is 11.5. The Hall–Kier alpha value is -2.19. The van der Waals surface area contributed by atoms with Gasteiger partial charge in [-0.1, -0.05) is 39.3 Å². The van der Waals surface area contributed by atoms with Gasteiger partial charge in [0.15, 0.2) is 0 Å². The Bertz CT molecular complexity index is 908. The lowest BCUT2D eigenvalue weighted by Crippen LogP contribution is -2.59. The van der Waals surface area contributed by atoms with Crippen LogP contribution >= 0.6 is 0 Å². The fourth-order valence-electron chi connectivity index (χ4n) is 7.16. The number of likely N-dealkylation sites (tertiary alicyclic amines) is 1. The van der Waals surface area contributed by atoms with Crippen molar-refractivity contribution in [2.45, 2.75) is 96.6 Å². The Morgan fingerprint density at radius 1 is 1.19 bits per heavy atom. The SMILES string of the molecule is C=CCN(CCC)C(=O)[C@H]1[C@H]2C(=O)N([C@H](C)CO)C(C(=O)N(CC=C)C(C)CCC)C23CC(C)[C@]1(C)O3. The van der Waals surface area contributed by atoms with Crippen LogP contribution in [0.25, 0.3) is 0 Å². The molecule has 0 radical (unpaired) electrons. The van der Waals surface area contributed by atoms with E-state index in [4.69, 9.17) is 4.74 Å². The van der Waals surface area contributed by atoms with Crippen molar-refractivity contribution in [1.29, 1.82) is 0 Å². The van der Waals surface area contributed by atoms with Crippen LogP contribution < -0.4 is 0 Å². The number of hydrogen-bond acceptors (Lipinski definition) is 5. The fraction of sp³-hybridized carbons (Fsp3) is 0.759. The molecule has 3 amide bonds. The molecule has 0 aromatic heterocycles. The van der Waals surface area contributed by atoms with E-state index in [9.17, 15) is 19.5 Å². The highest BCUT2D eigenvalue weighted by Gasteiger charge is 2.80. The Morgan fingerprint density at radius 2 is 1.84 bits per heavy atom. The smallest absolute Gasteiger partial charge is 0.248 e. The summed E-state index contributed by atoms with van der Waals surface area (Å²) in [5.74, 6) is -2.10. The van der Waals surface area contributed by atoms with E-state index >= 15 is 0 Å². The van der Waals surface area contributed by atoms with Gasteiger partial charge in [0, 0.05) is 25.7 Å². The predicted octanol–water partition coefficient (Wildman–Crippen LogP) is 3.01. The molecule has 1 N–H and O–H groups in total. The van der Waals surface area contributed by atoms with E-state index in [0.717, 1.165) is 19.3 Å². The van der Waals surface area contributed by atoms with Crippen LogP contribution in [0.15, 0.2) is 25.3 Å². The lowest BCUT2D eigenvalue weighted by molar-refractivity contribution is -0.158. The number of amides is 3. The number of carbonyl (C=O) groups is 3. The van der Waals surface area contributed by atoms with Crippen LogP contribution in [0.2, 0.25) is 0 Å². The molecular weight excluding hydrogens is 470 g/mol. The summed E-state index contributed by atoms with van der Waals surface area (Å²) in [4.78, 5) is 47.7. The maximum absolute atomic E-state index is 14.4. The van der Waals surface area contributed by atoms with Gasteiger partial charge in [-0.05, 0) is 46.0 Å². The quantitative estimate of drug-likeness (QED) is 0.379. The van der Waals surface area contributed by atoms with Gasteiger partial charge in [0.05, 0.1) is 30.1 Å². The Balaban J connectivity index is 2.15. The molecule has 3 aliphatic heterocycles. The fourth-order valence-corrected chi connectivity index (χ4v) is 7.16. The molecule has 37 heavy (non-hydrogen) atoms. The van der Waals surface area contributed by atoms with E-state index in [1.807, 2.05) is 27.7 Å². The van der Waals surface area contributed by atoms with Crippen LogP contribution in [0.5, 0.6) is 0 Å². The van der Waals surface area contributed by atoms with E-state index in [1.54, 1.807) is 28.9 Å². The summed E-state index contributed by atoms with van der Waals surface area (Å²) in [5, 5.41) is 10.1. The summed E-state index contributed by atoms with van der Waals surface area (Å²) >= 11 is 0. The number of aliphatic hydroxyl groups is 1. The third-order valence-corrected chi connectivity index (χ3v) is 8.99. The second kappa shape index (κ2) is 11.3. The Morgan fingerprint density at radius 3 is 2.38 bits per heavy atom. The van der Waals surface area contributed by atoms with Gasteiger partial charge >= 0.3 is 0 Å². The molecular formula is C29H47N3O5. The molecule has 3 rings (SSSR count). The molecule has 208 valence electrons. The van der Waals surface area contributed by atoms with Crippen LogP contribution in [0.1, 0.15) is 67.2 Å². The number of nitrogens with zero attached hydrogens (tertiary/aromatic N) is 3. The molecule has 0 aliphatic carbocycles. The molecule has 3 fully saturated rings. The minimum absolute atomic E-state index is 0.0293. The summed E-state index contributed by atoms with van der Waals surface area (Å²) in [5.41, 5.74) is -1.99. The van der Waals surface area contributed by atoms with Gasteiger partial charge in [0.1, 0.15) is 11.6 Å². The molecule has 3 aliphatic rings. The average Bonchev–Trinajstić information content (AvgIpc) is 3.37. The zero-order valence-corrected chi connectivity index (χ0v) is 23.6. The first-order valence-electron chi connectivity index (χ1n) is 13.9. The van der Waals surface area contributed by atoms with Crippen molar-refractivity contribution in [1.82, 2.24) is 14.7 Å². The molecule has 1 spiro atoms. The molecule has 8 heteroatoms. The van der Waals surface area contributed by atoms with Crippen molar-refractivity contribution >= 4 is 17.7 Å². The molecule has 4 unspecified atom stereocenters. The Labute approximate surface area is 222 Å². The molecule has 8 atom stereocenters. The lowest BCUT2D eigenvalue weighted by Gasteiger charge is -2.40. The highest BCUT2D eigenvalue weighted by molar-refractivity contribution is 5.99. The van der Waals surface area contributed by atoms with Crippen LogP contribution in [-0.2, 0) is 19.1 Å². The zero-order chi connectivity index (χ0) is 27.7. The third kappa shape index (κ3) is 4.54. The first-order valence-corrected chi connectivity index (χ1v) is 13.9. The number of aliphatic hydroxyl groups excluding tert-OH is 1. The predicted molar refractivity (Wildman–Crippen MR) is 144 cm³/mol. The molecule has 2 bridgehead atoms. The van der Waals surface area contributed by atoms with Crippen molar-refractivity contribution in [2.75, 3.05) is 26.2 Å². The molecule has 0 aromatic rings. The first kappa shape index (κ1) is 29.4. The largest absolute Gasteiger partial charge is 0.394 e. The first-order chi connectivity index (χ1) is 17.5. The van der Waals surface area contributed by atoms with Crippen LogP contribution in [0.4, 0.5) is 0 Å². The van der Waals surface area contributed by atoms with Gasteiger partial charge in [0.2, 0.25) is 17.7 Å². The monoisotopic (exact) mass is 517 g/mol. The molecule has 0 saturated carbocycles. The van der Waals surface area contributed by atoms with E-state index in [-0.39, 0.29) is 36.3 Å². The summed E-state index contributed by atoms with van der Waals surface area (Å²) in [6.07, 6.45) is 6.42. The van der Waals surface area contributed by atoms with E-state index in [0.29, 0.717) is 26.1 Å². The van der Waals surface area contributed by atoms with E-state index in [2.05, 4.69) is 20.1 Å². The van der Waals surface area contributed by atoms with E-state index < -0.39 is 35.1 Å². The third-order valence-electron chi connectivity index (χ3n) is 8.99. The maximum atomic E-state index is 14.4. The van der Waals surface area contributed by atoms with Gasteiger partial charge in [-0.2, -0.15) is 0 Å². The van der Waals surface area contributed by atoms with Crippen LogP contribution in [-0.4, -0.2) is 93.1 Å². The van der Waals surface area contributed by atoms with Crippen LogP contribution in [0.3, 0.4) is 0 Å². The van der Waals surface area contributed by atoms with Crippen molar-refractivity contribution in [3.8, 4) is 0 Å². The van der Waals surface area contributed by atoms with Crippen LogP contribution in [0, 0.1) is 17.8 Å². The molecule has 8 nitrogen and oxygen atoms in total. The second-order valence-corrected chi connectivity index (χ2v) is 11.5. The van der Waals surface area contributed by atoms with Crippen molar-refractivity contribution in [3.05, 3.63) is 25.3 Å². The summed E-state index contributed by atoms with van der Waals surface area (Å²) < 4.78 is 6.83. The number of hydrogen-bond donors (Lipinski definition) is 1. The minimum Gasteiger partial charge on any atom is -0.394 e. The molecule has 0 aromatic carbocycles. The zero-order valence-electron chi connectivity index (χ0n) is 23.6. The highest BCUT2D eigenvalue weighted by atomic mass is 16.5. The van der Waals surface area contributed by atoms with Crippen molar-refractivity contribution < 1.29 is 24.2 Å². The summed E-state index contributed by atoms with van der Waals surface area (Å²) in [6.45, 7) is 20.5. The van der Waals surface area contributed by atoms with Crippen molar-refractivity contribution in [2.24, 2.45) is 17.8 Å². The molecule has 3 saturated heterocycles. The molecule has 3 heterocycles. The number of ether oxygens (including phenoxy) is 1.